The molecule has 4 atom stereocenters. The molecule has 0 aliphatic carbocycles. The zero-order chi connectivity index (χ0) is 28.2. The first-order valence-corrected chi connectivity index (χ1v) is 11.6. The highest BCUT2D eigenvalue weighted by Crippen LogP contribution is 2.47. The van der Waals surface area contributed by atoms with E-state index >= 15 is 0 Å². The Morgan fingerprint density at radius 1 is 0.949 bits per heavy atom. The average molecular weight is 553 g/mol. The number of ether oxygens (including phenoxy) is 1. The molecule has 3 heterocycles. The van der Waals surface area contributed by atoms with Crippen molar-refractivity contribution >= 4 is 11.5 Å². The van der Waals surface area contributed by atoms with Gasteiger partial charge in [-0.1, -0.05) is 60.7 Å². The van der Waals surface area contributed by atoms with Crippen LogP contribution in [0.2, 0.25) is 0 Å². The first-order valence-electron chi connectivity index (χ1n) is 11.6. The van der Waals surface area contributed by atoms with E-state index in [1.807, 2.05) is 0 Å². The minimum atomic E-state index is -5.06. The van der Waals surface area contributed by atoms with Gasteiger partial charge in [0, 0.05) is 18.4 Å². The number of hydrogen-bond donors (Lipinski definition) is 2. The summed E-state index contributed by atoms with van der Waals surface area (Å²) in [5.74, 6) is -3.82. The van der Waals surface area contributed by atoms with Crippen LogP contribution in [0.1, 0.15) is 35.7 Å². The number of fused-ring (bicyclic) bond motifs is 1. The molecule has 206 valence electrons. The van der Waals surface area contributed by atoms with Gasteiger partial charge in [-0.3, -0.25) is 4.79 Å². The molecule has 3 aromatic rings. The van der Waals surface area contributed by atoms with Gasteiger partial charge in [0.05, 0.1) is 5.92 Å². The van der Waals surface area contributed by atoms with Crippen molar-refractivity contribution in [2.24, 2.45) is 0 Å². The lowest BCUT2D eigenvalue weighted by Gasteiger charge is -2.34. The smallest absolute Gasteiger partial charge is 0.416 e. The minimum absolute atomic E-state index is 0.0525. The van der Waals surface area contributed by atoms with Crippen molar-refractivity contribution in [2.45, 2.75) is 43.0 Å². The number of carbonyl (C=O) groups excluding carboxylic acids is 1. The normalized spacial score (nSPS) is 23.4. The van der Waals surface area contributed by atoms with E-state index in [4.69, 9.17) is 9.15 Å². The van der Waals surface area contributed by atoms with Gasteiger partial charge in [0.15, 0.2) is 0 Å². The summed E-state index contributed by atoms with van der Waals surface area (Å²) in [6.07, 6.45) is -10.9. The maximum absolute atomic E-state index is 14.4. The molecule has 8 nitrogen and oxygen atoms in total. The second kappa shape index (κ2) is 9.38. The molecular weight excluding hydrogens is 532 g/mol. The lowest BCUT2D eigenvalue weighted by molar-refractivity contribution is -0.265. The SMILES string of the molecule is CO[C@@](c1ccccc1)(c1nnc(C2=C(C)NC3C(c4ccccc4)C(C(F)(F)F)NN3C2=O)o1)C(F)(F)F. The summed E-state index contributed by atoms with van der Waals surface area (Å²) < 4.78 is 95.6. The molecule has 0 radical (unpaired) electrons. The van der Waals surface area contributed by atoms with Crippen molar-refractivity contribution in [2.75, 3.05) is 7.11 Å². The zero-order valence-corrected chi connectivity index (χ0v) is 20.3. The highest BCUT2D eigenvalue weighted by Gasteiger charge is 2.63. The third-order valence-electron chi connectivity index (χ3n) is 6.79. The molecule has 1 saturated heterocycles. The zero-order valence-electron chi connectivity index (χ0n) is 20.3. The predicted octanol–water partition coefficient (Wildman–Crippen LogP) is 4.24. The van der Waals surface area contributed by atoms with Crippen molar-refractivity contribution in [1.82, 2.24) is 25.9 Å². The number of nitrogens with zero attached hydrogens (tertiary/aromatic N) is 3. The van der Waals surface area contributed by atoms with Crippen molar-refractivity contribution in [3.63, 3.8) is 0 Å². The van der Waals surface area contributed by atoms with Crippen LogP contribution < -0.4 is 10.7 Å². The van der Waals surface area contributed by atoms with Crippen LogP contribution in [0.4, 0.5) is 26.3 Å². The summed E-state index contributed by atoms with van der Waals surface area (Å²) in [4.78, 5) is 13.5. The number of hydrazine groups is 1. The van der Waals surface area contributed by atoms with E-state index in [1.54, 1.807) is 18.2 Å². The largest absolute Gasteiger partial charge is 0.430 e. The Kier molecular flexibility index (Phi) is 6.42. The maximum atomic E-state index is 14.4. The van der Waals surface area contributed by atoms with Crippen molar-refractivity contribution < 1.29 is 40.3 Å². The van der Waals surface area contributed by atoms with Gasteiger partial charge >= 0.3 is 12.4 Å². The van der Waals surface area contributed by atoms with Crippen LogP contribution in [0.25, 0.3) is 5.57 Å². The molecule has 2 aliphatic heterocycles. The van der Waals surface area contributed by atoms with Gasteiger partial charge in [-0.2, -0.15) is 26.3 Å². The standard InChI is InChI=1S/C25H21F6N5O3/c1-13-16(20-33-34-22(39-20)23(38-2,25(29,30)31)15-11-7-4-8-12-15)21(37)36-19(32-13)17(14-9-5-3-6-10-14)18(35-36)24(26,27)28/h3-12,17-19,32,35H,1-2H3/t17?,18?,19?,23-/m0/s1. The Hall–Kier alpha value is -3.91. The van der Waals surface area contributed by atoms with E-state index < -0.39 is 53.8 Å². The van der Waals surface area contributed by atoms with E-state index in [9.17, 15) is 31.1 Å². The number of carbonyl (C=O) groups is 1. The second-order valence-corrected chi connectivity index (χ2v) is 9.01. The molecule has 0 saturated carbocycles. The minimum Gasteiger partial charge on any atom is -0.416 e. The number of methoxy groups -OCH3 is 1. The van der Waals surface area contributed by atoms with Gasteiger partial charge < -0.3 is 14.5 Å². The van der Waals surface area contributed by atoms with Crippen molar-refractivity contribution in [1.29, 1.82) is 0 Å². The number of hydrogen-bond acceptors (Lipinski definition) is 7. The Morgan fingerprint density at radius 3 is 2.13 bits per heavy atom. The first-order chi connectivity index (χ1) is 18.4. The maximum Gasteiger partial charge on any atom is 0.430 e. The van der Waals surface area contributed by atoms with Crippen LogP contribution in [0.15, 0.2) is 70.8 Å². The molecule has 1 aromatic heterocycles. The summed E-state index contributed by atoms with van der Waals surface area (Å²) in [5, 5.41) is 10.8. The summed E-state index contributed by atoms with van der Waals surface area (Å²) >= 11 is 0. The van der Waals surface area contributed by atoms with Crippen LogP contribution >= 0.6 is 0 Å². The van der Waals surface area contributed by atoms with E-state index in [1.165, 1.54) is 49.4 Å². The Labute approximate surface area is 217 Å². The van der Waals surface area contributed by atoms with Gasteiger partial charge in [-0.15, -0.1) is 10.2 Å². The number of benzene rings is 2. The summed E-state index contributed by atoms with van der Waals surface area (Å²) in [5.41, 5.74) is -1.30. The van der Waals surface area contributed by atoms with Crippen LogP contribution in [0, 0.1) is 0 Å². The fraction of sp³-hybridized carbons (Fsp3) is 0.320. The molecule has 3 unspecified atom stereocenters. The van der Waals surface area contributed by atoms with Crippen molar-refractivity contribution in [3.05, 3.63) is 89.3 Å². The van der Waals surface area contributed by atoms with E-state index in [0.717, 1.165) is 12.1 Å². The monoisotopic (exact) mass is 553 g/mol. The number of aromatic nitrogens is 2. The number of allylic oxidation sites excluding steroid dienone is 1. The first kappa shape index (κ1) is 26.7. The molecule has 5 rings (SSSR count). The molecule has 0 bridgehead atoms. The summed E-state index contributed by atoms with van der Waals surface area (Å²) in [6.45, 7) is 1.39. The van der Waals surface area contributed by atoms with Gasteiger partial charge in [0.2, 0.25) is 0 Å². The second-order valence-electron chi connectivity index (χ2n) is 9.01. The number of nitrogens with one attached hydrogen (secondary N) is 2. The lowest BCUT2D eigenvalue weighted by Crippen LogP contribution is -2.54. The van der Waals surface area contributed by atoms with Gasteiger partial charge in [-0.25, -0.2) is 10.4 Å². The molecule has 39 heavy (non-hydrogen) atoms. The molecule has 1 fully saturated rings. The number of halogens is 6. The quantitative estimate of drug-likeness (QED) is 0.457. The average Bonchev–Trinajstić information content (AvgIpc) is 3.51. The molecular formula is C25H21F6N5O3. The molecule has 2 N–H and O–H groups in total. The summed E-state index contributed by atoms with van der Waals surface area (Å²) in [6, 6.07) is 12.3. The highest BCUT2D eigenvalue weighted by atomic mass is 19.4. The Morgan fingerprint density at radius 2 is 1.56 bits per heavy atom. The van der Waals surface area contributed by atoms with Crippen LogP contribution in [-0.2, 0) is 15.1 Å². The highest BCUT2D eigenvalue weighted by molar-refractivity contribution is 6.19. The van der Waals surface area contributed by atoms with Crippen molar-refractivity contribution in [3.8, 4) is 0 Å². The van der Waals surface area contributed by atoms with E-state index in [-0.39, 0.29) is 16.8 Å². The van der Waals surface area contributed by atoms with Gasteiger partial charge in [0.25, 0.3) is 23.3 Å². The fourth-order valence-corrected chi connectivity index (χ4v) is 5.01. The third kappa shape index (κ3) is 4.23. The van der Waals surface area contributed by atoms with E-state index in [2.05, 4.69) is 20.9 Å². The number of rotatable bonds is 5. The summed E-state index contributed by atoms with van der Waals surface area (Å²) in [7, 11) is 0.821. The molecule has 2 aromatic carbocycles. The topological polar surface area (TPSA) is 92.5 Å². The number of alkyl halides is 6. The Balaban J connectivity index is 1.56. The molecule has 0 spiro atoms. The third-order valence-corrected chi connectivity index (χ3v) is 6.79. The predicted molar refractivity (Wildman–Crippen MR) is 123 cm³/mol. The van der Waals surface area contributed by atoms with Gasteiger partial charge in [-0.05, 0) is 12.5 Å². The number of amides is 1. The molecule has 14 heteroatoms. The van der Waals surface area contributed by atoms with E-state index in [0.29, 0.717) is 5.56 Å². The molecule has 1 amide bonds. The molecule has 2 aliphatic rings. The van der Waals surface area contributed by atoms with Crippen LogP contribution in [-0.4, -0.2) is 52.8 Å². The van der Waals surface area contributed by atoms with Crippen LogP contribution in [0.5, 0.6) is 0 Å². The fourth-order valence-electron chi connectivity index (χ4n) is 5.01. The van der Waals surface area contributed by atoms with Gasteiger partial charge in [0.1, 0.15) is 17.8 Å². The van der Waals surface area contributed by atoms with Crippen LogP contribution in [0.3, 0.4) is 0 Å². The Bertz CT molecular complexity index is 1390. The lowest BCUT2D eigenvalue weighted by atomic mass is 9.89.